The van der Waals surface area contributed by atoms with Crippen LogP contribution in [0.4, 0.5) is 5.13 Å². The van der Waals surface area contributed by atoms with Gasteiger partial charge in [0.25, 0.3) is 11.8 Å². The van der Waals surface area contributed by atoms with Gasteiger partial charge in [-0.25, -0.2) is 4.98 Å². The second kappa shape index (κ2) is 12.3. The number of nitrogens with zero attached hydrogens (tertiary/aromatic N) is 3. The minimum Gasteiger partial charge on any atom is -0.493 e. The number of aliphatic hydroxyl groups is 1. The predicted molar refractivity (Wildman–Crippen MR) is 154 cm³/mol. The van der Waals surface area contributed by atoms with E-state index < -0.39 is 0 Å². The third-order valence-corrected chi connectivity index (χ3v) is 8.37. The summed E-state index contributed by atoms with van der Waals surface area (Å²) in [7, 11) is 0. The number of carbonyl (C=O) groups excluding carboxylic acids is 2. The Hall–Kier alpha value is -3.27. The van der Waals surface area contributed by atoms with Gasteiger partial charge in [-0.1, -0.05) is 13.0 Å². The molecule has 0 bridgehead atoms. The zero-order valence-electron chi connectivity index (χ0n) is 22.6. The van der Waals surface area contributed by atoms with E-state index in [1.54, 1.807) is 24.3 Å². The number of rotatable bonds is 8. The number of ether oxygens (including phenoxy) is 1. The summed E-state index contributed by atoms with van der Waals surface area (Å²) in [5.41, 5.74) is 3.92. The number of carbonyl (C=O) groups is 2. The number of hydrogen-bond acceptors (Lipinski definition) is 7. The molecule has 2 amide bonds. The Morgan fingerprint density at radius 2 is 1.79 bits per heavy atom. The minimum atomic E-state index is -0.268. The van der Waals surface area contributed by atoms with Crippen molar-refractivity contribution in [1.82, 2.24) is 14.8 Å². The van der Waals surface area contributed by atoms with Crippen molar-refractivity contribution in [3.05, 3.63) is 64.5 Å². The lowest BCUT2D eigenvalue weighted by atomic mass is 10.0. The van der Waals surface area contributed by atoms with Crippen molar-refractivity contribution in [2.45, 2.75) is 51.7 Å². The molecule has 1 unspecified atom stereocenters. The first kappa shape index (κ1) is 27.3. The molecule has 2 fully saturated rings. The molecule has 9 heteroatoms. The average Bonchev–Trinajstić information content (AvgIpc) is 3.62. The maximum absolute atomic E-state index is 13.1. The maximum Gasteiger partial charge on any atom is 0.257 e. The van der Waals surface area contributed by atoms with Crippen molar-refractivity contribution in [3.8, 4) is 17.0 Å². The molecule has 0 radical (unpaired) electrons. The number of aromatic nitrogens is 1. The Kier molecular flexibility index (Phi) is 8.60. The molecule has 1 aromatic heterocycles. The fraction of sp³-hybridized carbons (Fsp3) is 0.433. The Balaban J connectivity index is 1.19. The number of aryl methyl sites for hydroxylation is 1. The molecule has 2 aliphatic rings. The van der Waals surface area contributed by atoms with Crippen LogP contribution in [0.2, 0.25) is 0 Å². The number of aliphatic hydroxyl groups excluding tert-OH is 1. The van der Waals surface area contributed by atoms with Crippen LogP contribution in [0.15, 0.2) is 47.8 Å². The summed E-state index contributed by atoms with van der Waals surface area (Å²) in [4.78, 5) is 34.9. The first-order chi connectivity index (χ1) is 18.9. The maximum atomic E-state index is 13.1. The molecule has 2 aliphatic heterocycles. The summed E-state index contributed by atoms with van der Waals surface area (Å²) in [6, 6.07) is 13.4. The lowest BCUT2D eigenvalue weighted by molar-refractivity contribution is 0.0627. The molecule has 0 aliphatic carbocycles. The SMILES string of the molecule is CCOc1ccc(CC)cc1-c1csc(NC(=O)c2ccc(C(=O)N3CCC(N4CCC(O)C4)CC3)cc2)n1. The highest BCUT2D eigenvalue weighted by atomic mass is 32.1. The molecule has 0 spiro atoms. The number of hydrogen-bond donors (Lipinski definition) is 2. The van der Waals surface area contributed by atoms with Crippen LogP contribution in [-0.4, -0.2) is 76.6 Å². The van der Waals surface area contributed by atoms with Crippen LogP contribution in [0.5, 0.6) is 5.75 Å². The van der Waals surface area contributed by atoms with Crippen molar-refractivity contribution in [2.75, 3.05) is 38.1 Å². The van der Waals surface area contributed by atoms with Crippen LogP contribution in [-0.2, 0) is 6.42 Å². The molecule has 8 nitrogen and oxygen atoms in total. The lowest BCUT2D eigenvalue weighted by Gasteiger charge is -2.36. The van der Waals surface area contributed by atoms with Crippen LogP contribution in [0.3, 0.4) is 0 Å². The van der Waals surface area contributed by atoms with Gasteiger partial charge in [0, 0.05) is 54.3 Å². The van der Waals surface area contributed by atoms with Gasteiger partial charge in [0.2, 0.25) is 0 Å². The number of β-amino-alcohol motifs (C(OH)–C–C–N with tert-alkyl or cyclic N) is 1. The summed E-state index contributed by atoms with van der Waals surface area (Å²) in [5.74, 6) is 0.499. The van der Waals surface area contributed by atoms with Crippen molar-refractivity contribution in [3.63, 3.8) is 0 Å². The Morgan fingerprint density at radius 3 is 2.46 bits per heavy atom. The van der Waals surface area contributed by atoms with Gasteiger partial charge in [-0.3, -0.25) is 19.8 Å². The van der Waals surface area contributed by atoms with Crippen LogP contribution in [0.25, 0.3) is 11.3 Å². The molecular formula is C30H36N4O4S. The van der Waals surface area contributed by atoms with Crippen molar-refractivity contribution >= 4 is 28.3 Å². The molecule has 3 heterocycles. The highest BCUT2D eigenvalue weighted by molar-refractivity contribution is 7.14. The molecule has 3 aromatic rings. The van der Waals surface area contributed by atoms with E-state index in [-0.39, 0.29) is 17.9 Å². The van der Waals surface area contributed by atoms with Gasteiger partial charge in [-0.15, -0.1) is 11.3 Å². The Morgan fingerprint density at radius 1 is 1.05 bits per heavy atom. The van der Waals surface area contributed by atoms with Crippen LogP contribution < -0.4 is 10.1 Å². The zero-order valence-corrected chi connectivity index (χ0v) is 23.4. The second-order valence-corrected chi connectivity index (χ2v) is 11.0. The quantitative estimate of drug-likeness (QED) is 0.424. The van der Waals surface area contributed by atoms with E-state index in [9.17, 15) is 14.7 Å². The van der Waals surface area contributed by atoms with Crippen molar-refractivity contribution in [2.24, 2.45) is 0 Å². The van der Waals surface area contributed by atoms with Crippen LogP contribution >= 0.6 is 11.3 Å². The normalized spacial score (nSPS) is 18.3. The lowest BCUT2D eigenvalue weighted by Crippen LogP contribution is -2.46. The third-order valence-electron chi connectivity index (χ3n) is 7.61. The highest BCUT2D eigenvalue weighted by Gasteiger charge is 2.31. The fourth-order valence-electron chi connectivity index (χ4n) is 5.38. The van der Waals surface area contributed by atoms with E-state index in [0.29, 0.717) is 42.0 Å². The van der Waals surface area contributed by atoms with Crippen molar-refractivity contribution < 1.29 is 19.4 Å². The molecule has 2 aromatic carbocycles. The van der Waals surface area contributed by atoms with E-state index in [2.05, 4.69) is 34.3 Å². The van der Waals surface area contributed by atoms with Gasteiger partial charge in [-0.2, -0.15) is 0 Å². The molecule has 5 rings (SSSR count). The third kappa shape index (κ3) is 6.32. The molecule has 1 atom stereocenters. The van der Waals surface area contributed by atoms with E-state index in [0.717, 1.165) is 55.8 Å². The summed E-state index contributed by atoms with van der Waals surface area (Å²) in [6.45, 7) is 7.71. The van der Waals surface area contributed by atoms with E-state index in [4.69, 9.17) is 4.74 Å². The second-order valence-electron chi connectivity index (χ2n) is 10.1. The summed E-state index contributed by atoms with van der Waals surface area (Å²) in [6.07, 6.45) is 3.37. The largest absolute Gasteiger partial charge is 0.493 e. The minimum absolute atomic E-state index is 0.00848. The first-order valence-electron chi connectivity index (χ1n) is 13.8. The number of benzene rings is 2. The number of thiazole rings is 1. The standard InChI is InChI=1S/C30H36N4O4S/c1-3-20-5-10-27(38-4-2)25(17-20)26-19-39-30(31-26)32-28(36)21-6-8-22(9-7-21)29(37)33-14-11-23(12-15-33)34-16-13-24(35)18-34/h5-10,17,19,23-24,35H,3-4,11-16,18H2,1-2H3,(H,31,32,36). The monoisotopic (exact) mass is 548 g/mol. The molecule has 2 N–H and O–H groups in total. The van der Waals surface area contributed by atoms with Gasteiger partial charge in [-0.05, 0) is 74.6 Å². The zero-order chi connectivity index (χ0) is 27.4. The van der Waals surface area contributed by atoms with E-state index in [1.165, 1.54) is 16.9 Å². The van der Waals surface area contributed by atoms with Gasteiger partial charge >= 0.3 is 0 Å². The van der Waals surface area contributed by atoms with Gasteiger partial charge < -0.3 is 14.7 Å². The molecule has 2 saturated heterocycles. The predicted octanol–water partition coefficient (Wildman–Crippen LogP) is 4.69. The van der Waals surface area contributed by atoms with E-state index >= 15 is 0 Å². The summed E-state index contributed by atoms with van der Waals surface area (Å²) >= 11 is 1.37. The number of anilines is 1. The topological polar surface area (TPSA) is 95.0 Å². The Labute approximate surface area is 233 Å². The van der Waals surface area contributed by atoms with Gasteiger partial charge in [0.15, 0.2) is 5.13 Å². The molecule has 39 heavy (non-hydrogen) atoms. The number of likely N-dealkylation sites (tertiary alicyclic amines) is 2. The first-order valence-corrected chi connectivity index (χ1v) is 14.7. The fourth-order valence-corrected chi connectivity index (χ4v) is 6.09. The summed E-state index contributed by atoms with van der Waals surface area (Å²) < 4.78 is 5.79. The number of amides is 2. The van der Waals surface area contributed by atoms with E-state index in [1.807, 2.05) is 23.3 Å². The average molecular weight is 549 g/mol. The molecular weight excluding hydrogens is 512 g/mol. The van der Waals surface area contributed by atoms with Crippen LogP contribution in [0, 0.1) is 0 Å². The number of piperidine rings is 1. The smallest absolute Gasteiger partial charge is 0.257 e. The van der Waals surface area contributed by atoms with Crippen LogP contribution in [0.1, 0.15) is 59.4 Å². The molecule has 0 saturated carbocycles. The Bertz CT molecular complexity index is 1300. The number of nitrogens with one attached hydrogen (secondary N) is 1. The van der Waals surface area contributed by atoms with Crippen molar-refractivity contribution in [1.29, 1.82) is 0 Å². The highest BCUT2D eigenvalue weighted by Crippen LogP contribution is 2.33. The summed E-state index contributed by atoms with van der Waals surface area (Å²) in [5, 5.41) is 15.1. The van der Waals surface area contributed by atoms with Gasteiger partial charge in [0.1, 0.15) is 5.75 Å². The van der Waals surface area contributed by atoms with Gasteiger partial charge in [0.05, 0.1) is 18.4 Å². The molecule has 206 valence electrons.